The molecule has 0 bridgehead atoms. The van der Waals surface area contributed by atoms with Crippen molar-refractivity contribution >= 4 is 11.3 Å². The van der Waals surface area contributed by atoms with Crippen LogP contribution >= 0.6 is 11.3 Å². The minimum atomic E-state index is -0.418. The summed E-state index contributed by atoms with van der Waals surface area (Å²) in [6, 6.07) is 6.16. The normalized spacial score (nSPS) is 12.7. The first-order valence-corrected chi connectivity index (χ1v) is 5.48. The highest BCUT2D eigenvalue weighted by molar-refractivity contribution is 7.09. The van der Waals surface area contributed by atoms with Crippen molar-refractivity contribution in [3.05, 3.63) is 51.7 Å². The lowest BCUT2D eigenvalue weighted by Crippen LogP contribution is -2.13. The Bertz CT molecular complexity index is 467. The Kier molecular flexibility index (Phi) is 2.79. The van der Waals surface area contributed by atoms with Crippen LogP contribution in [0, 0.1) is 12.7 Å². The van der Waals surface area contributed by atoms with Gasteiger partial charge in [0.25, 0.3) is 0 Å². The summed E-state index contributed by atoms with van der Waals surface area (Å²) in [6.07, 6.45) is 0. The predicted octanol–water partition coefficient (Wildman–Crippen LogP) is 2.64. The number of aryl methyl sites for hydroxylation is 1. The Balaban J connectivity index is 2.41. The molecule has 2 nitrogen and oxygen atoms in total. The van der Waals surface area contributed by atoms with E-state index in [2.05, 4.69) is 4.98 Å². The third kappa shape index (κ3) is 1.91. The topological polar surface area (TPSA) is 38.9 Å². The van der Waals surface area contributed by atoms with E-state index in [1.54, 1.807) is 23.7 Å². The minimum absolute atomic E-state index is 0.266. The van der Waals surface area contributed by atoms with Crippen LogP contribution in [0.2, 0.25) is 0 Å². The van der Waals surface area contributed by atoms with Crippen LogP contribution in [0.1, 0.15) is 22.2 Å². The molecule has 0 spiro atoms. The van der Waals surface area contributed by atoms with Gasteiger partial charge in [-0.1, -0.05) is 18.2 Å². The van der Waals surface area contributed by atoms with Gasteiger partial charge < -0.3 is 5.73 Å². The number of thiazole rings is 1. The van der Waals surface area contributed by atoms with Crippen molar-refractivity contribution in [2.45, 2.75) is 13.0 Å². The Morgan fingerprint density at radius 1 is 1.40 bits per heavy atom. The van der Waals surface area contributed by atoms with E-state index >= 15 is 0 Å². The smallest absolute Gasteiger partial charge is 0.128 e. The maximum atomic E-state index is 13.5. The van der Waals surface area contributed by atoms with Gasteiger partial charge in [0.15, 0.2) is 0 Å². The number of benzene rings is 1. The molecule has 0 aliphatic rings. The first-order chi connectivity index (χ1) is 7.20. The molecule has 78 valence electrons. The molecule has 1 unspecified atom stereocenters. The summed E-state index contributed by atoms with van der Waals surface area (Å²) < 4.78 is 13.5. The molecule has 1 aromatic carbocycles. The van der Waals surface area contributed by atoms with E-state index in [1.807, 2.05) is 6.92 Å². The summed E-state index contributed by atoms with van der Waals surface area (Å²) >= 11 is 1.46. The summed E-state index contributed by atoms with van der Waals surface area (Å²) in [4.78, 5) is 5.03. The molecule has 0 aliphatic heterocycles. The fourth-order valence-electron chi connectivity index (χ4n) is 1.48. The summed E-state index contributed by atoms with van der Waals surface area (Å²) in [7, 11) is 0. The Labute approximate surface area is 91.6 Å². The van der Waals surface area contributed by atoms with Crippen LogP contribution < -0.4 is 5.73 Å². The van der Waals surface area contributed by atoms with Crippen LogP contribution in [0.3, 0.4) is 0 Å². The number of nitrogens with zero attached hydrogens (tertiary/aromatic N) is 1. The van der Waals surface area contributed by atoms with E-state index in [-0.39, 0.29) is 5.82 Å². The highest BCUT2D eigenvalue weighted by atomic mass is 32.1. The van der Waals surface area contributed by atoms with E-state index < -0.39 is 6.04 Å². The van der Waals surface area contributed by atoms with Crippen molar-refractivity contribution in [1.82, 2.24) is 4.98 Å². The second-order valence-electron chi connectivity index (χ2n) is 3.30. The first kappa shape index (κ1) is 10.3. The lowest BCUT2D eigenvalue weighted by atomic mass is 10.0. The van der Waals surface area contributed by atoms with Crippen LogP contribution in [0.4, 0.5) is 4.39 Å². The van der Waals surface area contributed by atoms with Crippen molar-refractivity contribution in [1.29, 1.82) is 0 Å². The average Bonchev–Trinajstić information content (AvgIpc) is 2.64. The van der Waals surface area contributed by atoms with E-state index in [0.717, 1.165) is 10.6 Å². The van der Waals surface area contributed by atoms with Gasteiger partial charge in [0.05, 0.1) is 17.2 Å². The molecule has 0 saturated heterocycles. The summed E-state index contributed by atoms with van der Waals surface area (Å²) in [5.41, 5.74) is 9.11. The maximum absolute atomic E-state index is 13.5. The van der Waals surface area contributed by atoms with Crippen LogP contribution in [0.25, 0.3) is 0 Å². The molecule has 2 aromatic rings. The molecule has 0 saturated carbocycles. The molecular formula is C11H11FN2S. The number of nitrogens with two attached hydrogens (primary N) is 1. The maximum Gasteiger partial charge on any atom is 0.128 e. The summed E-state index contributed by atoms with van der Waals surface area (Å²) in [5, 5.41) is 0. The van der Waals surface area contributed by atoms with Gasteiger partial charge in [0.2, 0.25) is 0 Å². The minimum Gasteiger partial charge on any atom is -0.319 e. The third-order valence-corrected chi connectivity index (χ3v) is 3.32. The average molecular weight is 222 g/mol. The zero-order valence-electron chi connectivity index (χ0n) is 8.27. The molecule has 0 amide bonds. The lowest BCUT2D eigenvalue weighted by molar-refractivity contribution is 0.600. The van der Waals surface area contributed by atoms with E-state index in [0.29, 0.717) is 5.56 Å². The molecule has 2 N–H and O–H groups in total. The second kappa shape index (κ2) is 4.08. The number of halogens is 1. The van der Waals surface area contributed by atoms with Gasteiger partial charge in [-0.2, -0.15) is 0 Å². The quantitative estimate of drug-likeness (QED) is 0.848. The summed E-state index contributed by atoms with van der Waals surface area (Å²) in [5.74, 6) is -0.266. The van der Waals surface area contributed by atoms with Crippen LogP contribution in [-0.2, 0) is 0 Å². The number of aromatic nitrogens is 1. The second-order valence-corrected chi connectivity index (χ2v) is 4.19. The van der Waals surface area contributed by atoms with Gasteiger partial charge in [-0.15, -0.1) is 11.3 Å². The largest absolute Gasteiger partial charge is 0.319 e. The molecule has 0 radical (unpaired) electrons. The van der Waals surface area contributed by atoms with Gasteiger partial charge >= 0.3 is 0 Å². The van der Waals surface area contributed by atoms with Crippen molar-refractivity contribution < 1.29 is 4.39 Å². The SMILES string of the molecule is Cc1ncsc1C(N)c1ccccc1F. The lowest BCUT2D eigenvalue weighted by Gasteiger charge is -2.11. The highest BCUT2D eigenvalue weighted by Gasteiger charge is 2.16. The highest BCUT2D eigenvalue weighted by Crippen LogP contribution is 2.27. The van der Waals surface area contributed by atoms with Crippen LogP contribution in [0.5, 0.6) is 0 Å². The monoisotopic (exact) mass is 222 g/mol. The molecule has 15 heavy (non-hydrogen) atoms. The zero-order chi connectivity index (χ0) is 10.8. The molecule has 1 atom stereocenters. The molecule has 0 aliphatic carbocycles. The van der Waals surface area contributed by atoms with Gasteiger partial charge in [-0.3, -0.25) is 0 Å². The molecule has 1 aromatic heterocycles. The van der Waals surface area contributed by atoms with Gasteiger partial charge in [-0.05, 0) is 13.0 Å². The van der Waals surface area contributed by atoms with Crippen LogP contribution in [-0.4, -0.2) is 4.98 Å². The van der Waals surface area contributed by atoms with Crippen molar-refractivity contribution in [2.75, 3.05) is 0 Å². The molecule has 4 heteroatoms. The van der Waals surface area contributed by atoms with Gasteiger partial charge in [0.1, 0.15) is 5.82 Å². The Morgan fingerprint density at radius 3 is 2.73 bits per heavy atom. The fourth-order valence-corrected chi connectivity index (χ4v) is 2.30. The van der Waals surface area contributed by atoms with Gasteiger partial charge in [-0.25, -0.2) is 9.37 Å². The standard InChI is InChI=1S/C11H11FN2S/c1-7-11(15-6-14-7)10(13)8-4-2-3-5-9(8)12/h2-6,10H,13H2,1H3. The number of hydrogen-bond acceptors (Lipinski definition) is 3. The third-order valence-electron chi connectivity index (χ3n) is 2.31. The fraction of sp³-hybridized carbons (Fsp3) is 0.182. The number of rotatable bonds is 2. The zero-order valence-corrected chi connectivity index (χ0v) is 9.09. The van der Waals surface area contributed by atoms with Crippen LogP contribution in [0.15, 0.2) is 29.8 Å². The molecule has 1 heterocycles. The number of hydrogen-bond donors (Lipinski definition) is 1. The van der Waals surface area contributed by atoms with Gasteiger partial charge in [0, 0.05) is 10.4 Å². The molecule has 0 fully saturated rings. The van der Waals surface area contributed by atoms with E-state index in [4.69, 9.17) is 5.73 Å². The first-order valence-electron chi connectivity index (χ1n) is 4.60. The van der Waals surface area contributed by atoms with Crippen molar-refractivity contribution in [2.24, 2.45) is 5.73 Å². The summed E-state index contributed by atoms with van der Waals surface area (Å²) in [6.45, 7) is 1.88. The van der Waals surface area contributed by atoms with E-state index in [1.165, 1.54) is 17.4 Å². The predicted molar refractivity (Wildman–Crippen MR) is 59.3 cm³/mol. The molecular weight excluding hydrogens is 211 g/mol. The Hall–Kier alpha value is -1.26. The molecule has 2 rings (SSSR count). The van der Waals surface area contributed by atoms with E-state index in [9.17, 15) is 4.39 Å². The van der Waals surface area contributed by atoms with Crippen molar-refractivity contribution in [3.8, 4) is 0 Å². The Morgan fingerprint density at radius 2 is 2.13 bits per heavy atom. The van der Waals surface area contributed by atoms with Crippen molar-refractivity contribution in [3.63, 3.8) is 0 Å².